The van der Waals surface area contributed by atoms with Crippen molar-refractivity contribution in [1.29, 1.82) is 0 Å². The van der Waals surface area contributed by atoms with Gasteiger partial charge in [0.05, 0.1) is 0 Å². The second-order valence-corrected chi connectivity index (χ2v) is 9.19. The molecule has 5 rings (SSSR count). The van der Waals surface area contributed by atoms with Crippen LogP contribution in [-0.4, -0.2) is 49.7 Å². The lowest BCUT2D eigenvalue weighted by molar-refractivity contribution is 0.315. The Kier molecular flexibility index (Phi) is 5.54. The summed E-state index contributed by atoms with van der Waals surface area (Å²) in [6.45, 7) is 6.98. The molecule has 0 spiro atoms. The smallest absolute Gasteiger partial charge is 0.222 e. The Labute approximate surface area is 194 Å². The van der Waals surface area contributed by atoms with E-state index < -0.39 is 5.95 Å². The van der Waals surface area contributed by atoms with Crippen LogP contribution in [0.15, 0.2) is 55.1 Å². The minimum absolute atomic E-state index is 0.201. The van der Waals surface area contributed by atoms with Crippen LogP contribution in [0.1, 0.15) is 17.5 Å². The highest BCUT2D eigenvalue weighted by molar-refractivity contribution is 5.82. The first-order valence-electron chi connectivity index (χ1n) is 11.4. The maximum Gasteiger partial charge on any atom is 0.222 e. The molecule has 1 fully saturated rings. The SMILES string of the molecule is C=C1NCCc2cc(-c3cc(-c4ccc(N5CCC(N(C)C)C5)cc4)c(F)nc3N)ccc21. The van der Waals surface area contributed by atoms with Gasteiger partial charge < -0.3 is 20.9 Å². The van der Waals surface area contributed by atoms with Gasteiger partial charge in [-0.05, 0) is 61.8 Å². The number of likely N-dealkylation sites (N-methyl/N-ethyl adjacent to an activating group) is 1. The van der Waals surface area contributed by atoms with Crippen molar-refractivity contribution in [1.82, 2.24) is 15.2 Å². The van der Waals surface area contributed by atoms with E-state index in [-0.39, 0.29) is 5.82 Å². The molecule has 0 aliphatic carbocycles. The van der Waals surface area contributed by atoms with Crippen LogP contribution in [0.4, 0.5) is 15.9 Å². The zero-order chi connectivity index (χ0) is 23.1. The third-order valence-corrected chi connectivity index (χ3v) is 6.92. The van der Waals surface area contributed by atoms with Crippen LogP contribution < -0.4 is 16.0 Å². The van der Waals surface area contributed by atoms with Crippen LogP contribution >= 0.6 is 0 Å². The van der Waals surface area contributed by atoms with E-state index in [1.165, 1.54) is 5.56 Å². The third-order valence-electron chi connectivity index (χ3n) is 6.92. The van der Waals surface area contributed by atoms with Gasteiger partial charge >= 0.3 is 0 Å². The number of hydrogen-bond acceptors (Lipinski definition) is 5. The molecule has 1 aromatic heterocycles. The maximum absolute atomic E-state index is 14.9. The quantitative estimate of drug-likeness (QED) is 0.586. The minimum Gasteiger partial charge on any atom is -0.385 e. The first-order chi connectivity index (χ1) is 15.9. The summed E-state index contributed by atoms with van der Waals surface area (Å²) in [5.74, 6) is -0.347. The van der Waals surface area contributed by atoms with E-state index in [1.807, 2.05) is 30.3 Å². The molecular formula is C27H30FN5. The number of benzene rings is 2. The van der Waals surface area contributed by atoms with Crippen LogP contribution in [0.2, 0.25) is 0 Å². The van der Waals surface area contributed by atoms with Crippen molar-refractivity contribution < 1.29 is 4.39 Å². The number of nitrogens with two attached hydrogens (primary N) is 1. The van der Waals surface area contributed by atoms with Gasteiger partial charge in [0.15, 0.2) is 0 Å². The van der Waals surface area contributed by atoms with Crippen LogP contribution in [0.5, 0.6) is 0 Å². The minimum atomic E-state index is -0.548. The number of fused-ring (bicyclic) bond motifs is 1. The Morgan fingerprint density at radius 1 is 1.06 bits per heavy atom. The van der Waals surface area contributed by atoms with Crippen LogP contribution in [0.3, 0.4) is 0 Å². The predicted molar refractivity (Wildman–Crippen MR) is 135 cm³/mol. The second-order valence-electron chi connectivity index (χ2n) is 9.19. The average molecular weight is 444 g/mol. The van der Waals surface area contributed by atoms with E-state index in [1.54, 1.807) is 0 Å². The van der Waals surface area contributed by atoms with Crippen molar-refractivity contribution >= 4 is 17.2 Å². The topological polar surface area (TPSA) is 57.4 Å². The molecule has 3 aromatic rings. The highest BCUT2D eigenvalue weighted by Crippen LogP contribution is 2.35. The Hall–Kier alpha value is -3.38. The zero-order valence-corrected chi connectivity index (χ0v) is 19.2. The van der Waals surface area contributed by atoms with Gasteiger partial charge in [0.1, 0.15) is 5.82 Å². The Bertz CT molecular complexity index is 1200. The van der Waals surface area contributed by atoms with Gasteiger partial charge in [-0.1, -0.05) is 36.9 Å². The zero-order valence-electron chi connectivity index (χ0n) is 19.2. The van der Waals surface area contributed by atoms with Gasteiger partial charge in [-0.3, -0.25) is 0 Å². The Balaban J connectivity index is 1.45. The molecule has 0 bridgehead atoms. The molecule has 1 atom stereocenters. The molecule has 170 valence electrons. The van der Waals surface area contributed by atoms with Gasteiger partial charge in [-0.25, -0.2) is 4.98 Å². The van der Waals surface area contributed by atoms with Crippen molar-refractivity contribution in [2.75, 3.05) is 44.4 Å². The normalized spacial score (nSPS) is 17.9. The Morgan fingerprint density at radius 3 is 2.55 bits per heavy atom. The molecule has 6 heteroatoms. The fourth-order valence-corrected chi connectivity index (χ4v) is 4.89. The second kappa shape index (κ2) is 8.52. The highest BCUT2D eigenvalue weighted by Gasteiger charge is 2.24. The van der Waals surface area contributed by atoms with E-state index in [4.69, 9.17) is 5.73 Å². The number of hydrogen-bond donors (Lipinski definition) is 2. The number of nitrogens with zero attached hydrogens (tertiary/aromatic N) is 3. The van der Waals surface area contributed by atoms with Crippen molar-refractivity contribution in [3.05, 3.63) is 72.2 Å². The lowest BCUT2D eigenvalue weighted by atomic mass is 9.93. The monoisotopic (exact) mass is 443 g/mol. The third kappa shape index (κ3) is 4.07. The average Bonchev–Trinajstić information content (AvgIpc) is 3.30. The van der Waals surface area contributed by atoms with Crippen molar-refractivity contribution in [2.45, 2.75) is 18.9 Å². The summed E-state index contributed by atoms with van der Waals surface area (Å²) in [7, 11) is 4.25. The fraction of sp³-hybridized carbons (Fsp3) is 0.296. The molecule has 2 aliphatic rings. The van der Waals surface area contributed by atoms with Crippen LogP contribution in [0.25, 0.3) is 28.0 Å². The number of pyridine rings is 1. The molecule has 3 heterocycles. The number of rotatable bonds is 4. The van der Waals surface area contributed by atoms with Crippen LogP contribution in [0, 0.1) is 5.95 Å². The molecular weight excluding hydrogens is 413 g/mol. The number of halogens is 1. The highest BCUT2D eigenvalue weighted by atomic mass is 19.1. The lowest BCUT2D eigenvalue weighted by Crippen LogP contribution is -2.31. The summed E-state index contributed by atoms with van der Waals surface area (Å²) in [5, 5.41) is 3.29. The largest absolute Gasteiger partial charge is 0.385 e. The van der Waals surface area contributed by atoms with E-state index in [0.717, 1.165) is 66.1 Å². The first kappa shape index (κ1) is 21.5. The summed E-state index contributed by atoms with van der Waals surface area (Å²) >= 11 is 0. The summed E-state index contributed by atoms with van der Waals surface area (Å²) in [6.07, 6.45) is 2.06. The molecule has 0 radical (unpaired) electrons. The molecule has 0 amide bonds. The van der Waals surface area contributed by atoms with E-state index in [9.17, 15) is 4.39 Å². The molecule has 5 nitrogen and oxygen atoms in total. The predicted octanol–water partition coefficient (Wildman–Crippen LogP) is 4.39. The van der Waals surface area contributed by atoms with Crippen LogP contribution in [-0.2, 0) is 6.42 Å². The molecule has 1 unspecified atom stereocenters. The van der Waals surface area contributed by atoms with Crippen molar-refractivity contribution in [2.24, 2.45) is 0 Å². The van der Waals surface area contributed by atoms with E-state index in [0.29, 0.717) is 11.6 Å². The molecule has 33 heavy (non-hydrogen) atoms. The first-order valence-corrected chi connectivity index (χ1v) is 11.4. The molecule has 2 aromatic carbocycles. The summed E-state index contributed by atoms with van der Waals surface area (Å²) in [5.41, 5.74) is 13.5. The van der Waals surface area contributed by atoms with Gasteiger partial charge in [-0.15, -0.1) is 0 Å². The van der Waals surface area contributed by atoms with Gasteiger partial charge in [0.25, 0.3) is 0 Å². The molecule has 2 aliphatic heterocycles. The maximum atomic E-state index is 14.9. The number of nitrogens with one attached hydrogen (secondary N) is 1. The fourth-order valence-electron chi connectivity index (χ4n) is 4.89. The van der Waals surface area contributed by atoms with Gasteiger partial charge in [0.2, 0.25) is 5.95 Å². The molecule has 0 saturated carbocycles. The Morgan fingerprint density at radius 2 is 1.82 bits per heavy atom. The summed E-state index contributed by atoms with van der Waals surface area (Å²) in [6, 6.07) is 16.6. The van der Waals surface area contributed by atoms with Crippen molar-refractivity contribution in [3.63, 3.8) is 0 Å². The number of aromatic nitrogens is 1. The van der Waals surface area contributed by atoms with Crippen molar-refractivity contribution in [3.8, 4) is 22.3 Å². The van der Waals surface area contributed by atoms with E-state index >= 15 is 0 Å². The molecule has 3 N–H and O–H groups in total. The number of anilines is 2. The lowest BCUT2D eigenvalue weighted by Gasteiger charge is -2.22. The number of nitrogen functional groups attached to an aromatic ring is 1. The molecule has 1 saturated heterocycles. The van der Waals surface area contributed by atoms with E-state index in [2.05, 4.69) is 59.0 Å². The summed E-state index contributed by atoms with van der Waals surface area (Å²) in [4.78, 5) is 8.71. The standard InChI is InChI=1S/C27H30FN5/c1-17-23-9-6-19(14-20(23)10-12-30-17)25-15-24(26(28)31-27(25)29)18-4-7-21(8-5-18)33-13-11-22(16-33)32(2)3/h4-9,14-15,22,30H,1,10-13,16H2,2-3H3,(H2,29,31). The summed E-state index contributed by atoms with van der Waals surface area (Å²) < 4.78 is 14.9. The van der Waals surface area contributed by atoms with Gasteiger partial charge in [0, 0.05) is 53.8 Å². The van der Waals surface area contributed by atoms with Gasteiger partial charge in [-0.2, -0.15) is 4.39 Å².